The van der Waals surface area contributed by atoms with Gasteiger partial charge < -0.3 is 4.90 Å². The molecule has 0 spiro atoms. The van der Waals surface area contributed by atoms with Gasteiger partial charge >= 0.3 is 0 Å². The Hall–Kier alpha value is -1.42. The van der Waals surface area contributed by atoms with E-state index in [2.05, 4.69) is 11.0 Å². The minimum atomic E-state index is 0. The average molecular weight is 346 g/mol. The van der Waals surface area contributed by atoms with E-state index in [1.54, 1.807) is 11.3 Å². The summed E-state index contributed by atoms with van der Waals surface area (Å²) in [6.45, 7) is 4.83. The molecule has 2 aromatic carbocycles. The van der Waals surface area contributed by atoms with E-state index in [1.807, 2.05) is 43.3 Å². The summed E-state index contributed by atoms with van der Waals surface area (Å²) in [5.74, 6) is 0. The Labute approximate surface area is 146 Å². The topological polar surface area (TPSA) is 20.3 Å². The lowest BCUT2D eigenvalue weighted by Gasteiger charge is -2.50. The summed E-state index contributed by atoms with van der Waals surface area (Å²) in [4.78, 5) is 14.7. The standard InChI is InChI=1S/C14H10OS.C5H9N.ClH/c1-9-6-7-11-13(8-9)16-12-5-3-2-4-10(12)14(11)15;1-3-6-4-2-5(1)6;/h2-8H,1H3;5H,1-4H2;1H. The summed E-state index contributed by atoms with van der Waals surface area (Å²) >= 11 is 1.68. The third kappa shape index (κ3) is 3.01. The lowest BCUT2D eigenvalue weighted by atomic mass is 9.91. The van der Waals surface area contributed by atoms with Gasteiger partial charge in [-0.2, -0.15) is 0 Å². The van der Waals surface area contributed by atoms with Crippen LogP contribution in [0.4, 0.5) is 0 Å². The van der Waals surface area contributed by atoms with E-state index in [0.717, 1.165) is 26.2 Å². The van der Waals surface area contributed by atoms with Gasteiger partial charge in [-0.3, -0.25) is 4.79 Å². The SMILES string of the molecule is C1CN2CCC12.Cc1ccc2c(=O)c3ccccc3sc2c1.Cl. The van der Waals surface area contributed by atoms with Crippen LogP contribution >= 0.6 is 23.7 Å². The van der Waals surface area contributed by atoms with Crippen molar-refractivity contribution in [3.05, 3.63) is 58.3 Å². The Kier molecular flexibility index (Phi) is 4.72. The highest BCUT2D eigenvalue weighted by Gasteiger charge is 2.34. The van der Waals surface area contributed by atoms with Gasteiger partial charge in [0.15, 0.2) is 5.43 Å². The molecule has 2 fully saturated rings. The van der Waals surface area contributed by atoms with E-state index in [9.17, 15) is 4.79 Å². The second-order valence-corrected chi connectivity index (χ2v) is 7.28. The van der Waals surface area contributed by atoms with Crippen molar-refractivity contribution in [2.75, 3.05) is 13.1 Å². The molecule has 0 saturated carbocycles. The number of nitrogens with zero attached hydrogens (tertiary/aromatic N) is 1. The van der Waals surface area contributed by atoms with Crippen LogP contribution in [0.15, 0.2) is 47.3 Å². The van der Waals surface area contributed by atoms with Gasteiger partial charge in [0, 0.05) is 26.2 Å². The predicted molar refractivity (Wildman–Crippen MR) is 102 cm³/mol. The minimum absolute atomic E-state index is 0. The summed E-state index contributed by atoms with van der Waals surface area (Å²) in [5, 5.41) is 1.65. The summed E-state index contributed by atoms with van der Waals surface area (Å²) in [7, 11) is 0. The fourth-order valence-corrected chi connectivity index (χ4v) is 4.32. The van der Waals surface area contributed by atoms with Gasteiger partial charge in [0.25, 0.3) is 0 Å². The Morgan fingerprint density at radius 2 is 1.65 bits per heavy atom. The van der Waals surface area contributed by atoms with Gasteiger partial charge in [-0.05, 0) is 62.7 Å². The zero-order chi connectivity index (χ0) is 15.1. The molecular weight excluding hydrogens is 326 g/mol. The predicted octanol–water partition coefficient (Wildman–Crippen LogP) is 4.61. The van der Waals surface area contributed by atoms with Crippen molar-refractivity contribution < 1.29 is 0 Å². The number of piperidine rings is 1. The van der Waals surface area contributed by atoms with Crippen molar-refractivity contribution in [2.45, 2.75) is 25.8 Å². The highest BCUT2D eigenvalue weighted by molar-refractivity contribution is 7.24. The Bertz CT molecular complexity index is 887. The summed E-state index contributed by atoms with van der Waals surface area (Å²) in [6, 6.07) is 14.8. The smallest absolute Gasteiger partial charge is 0.195 e. The molecule has 2 nitrogen and oxygen atoms in total. The molecule has 5 rings (SSSR count). The minimum Gasteiger partial charge on any atom is -0.300 e. The van der Waals surface area contributed by atoms with Gasteiger partial charge in [0.1, 0.15) is 0 Å². The monoisotopic (exact) mass is 345 g/mol. The van der Waals surface area contributed by atoms with Crippen LogP contribution in [-0.4, -0.2) is 24.0 Å². The van der Waals surface area contributed by atoms with E-state index in [4.69, 9.17) is 0 Å². The third-order valence-electron chi connectivity index (χ3n) is 4.75. The number of rotatable bonds is 0. The Morgan fingerprint density at radius 3 is 2.26 bits per heavy atom. The first kappa shape index (κ1) is 16.4. The van der Waals surface area contributed by atoms with Gasteiger partial charge in [-0.25, -0.2) is 0 Å². The molecule has 2 aliphatic rings. The zero-order valence-corrected chi connectivity index (χ0v) is 14.8. The van der Waals surface area contributed by atoms with Crippen molar-refractivity contribution in [1.29, 1.82) is 0 Å². The molecule has 3 heterocycles. The van der Waals surface area contributed by atoms with Crippen molar-refractivity contribution in [1.82, 2.24) is 4.90 Å². The molecule has 1 aromatic heterocycles. The number of fused-ring (bicyclic) bond motifs is 3. The van der Waals surface area contributed by atoms with E-state index >= 15 is 0 Å². The highest BCUT2D eigenvalue weighted by atomic mass is 35.5. The number of hydrogen-bond donors (Lipinski definition) is 0. The fraction of sp³-hybridized carbons (Fsp3) is 0.316. The molecule has 0 radical (unpaired) electrons. The molecule has 23 heavy (non-hydrogen) atoms. The van der Waals surface area contributed by atoms with Crippen LogP contribution in [0.2, 0.25) is 0 Å². The van der Waals surface area contributed by atoms with Crippen molar-refractivity contribution in [2.24, 2.45) is 0 Å². The van der Waals surface area contributed by atoms with E-state index in [1.165, 1.54) is 31.5 Å². The summed E-state index contributed by atoms with van der Waals surface area (Å²) in [6.07, 6.45) is 2.97. The second-order valence-electron chi connectivity index (χ2n) is 6.19. The second kappa shape index (κ2) is 6.60. The largest absolute Gasteiger partial charge is 0.300 e. The maximum Gasteiger partial charge on any atom is 0.195 e. The van der Waals surface area contributed by atoms with Crippen molar-refractivity contribution in [3.8, 4) is 0 Å². The molecule has 0 bridgehead atoms. The maximum atomic E-state index is 12.2. The lowest BCUT2D eigenvalue weighted by molar-refractivity contribution is -0.00222. The number of hydrogen-bond acceptors (Lipinski definition) is 3. The number of benzene rings is 2. The fourth-order valence-electron chi connectivity index (χ4n) is 3.15. The van der Waals surface area contributed by atoms with Gasteiger partial charge in [-0.1, -0.05) is 18.2 Å². The van der Waals surface area contributed by atoms with Crippen LogP contribution in [0.25, 0.3) is 20.2 Å². The van der Waals surface area contributed by atoms with Crippen LogP contribution in [-0.2, 0) is 0 Å². The van der Waals surface area contributed by atoms with Gasteiger partial charge in [0.05, 0.1) is 0 Å². The Balaban J connectivity index is 0.000000186. The molecule has 0 unspecified atom stereocenters. The zero-order valence-electron chi connectivity index (χ0n) is 13.1. The van der Waals surface area contributed by atoms with Crippen LogP contribution in [0.5, 0.6) is 0 Å². The lowest BCUT2D eigenvalue weighted by Crippen LogP contribution is -2.57. The first-order chi connectivity index (χ1) is 10.7. The molecule has 0 aliphatic carbocycles. The van der Waals surface area contributed by atoms with Gasteiger partial charge in [0.2, 0.25) is 0 Å². The molecule has 3 aromatic rings. The highest BCUT2D eigenvalue weighted by Crippen LogP contribution is 2.29. The molecule has 2 aliphatic heterocycles. The normalized spacial score (nSPS) is 16.6. The summed E-state index contributed by atoms with van der Waals surface area (Å²) in [5.41, 5.74) is 1.34. The van der Waals surface area contributed by atoms with E-state index < -0.39 is 0 Å². The van der Waals surface area contributed by atoms with Crippen LogP contribution in [0, 0.1) is 6.92 Å². The summed E-state index contributed by atoms with van der Waals surface area (Å²) < 4.78 is 2.13. The van der Waals surface area contributed by atoms with E-state index in [0.29, 0.717) is 0 Å². The first-order valence-corrected chi connectivity index (χ1v) is 8.70. The van der Waals surface area contributed by atoms with Crippen LogP contribution in [0.1, 0.15) is 18.4 Å². The third-order valence-corrected chi connectivity index (χ3v) is 5.88. The molecule has 2 saturated heterocycles. The molecule has 4 heteroatoms. The molecule has 120 valence electrons. The van der Waals surface area contributed by atoms with Crippen LogP contribution < -0.4 is 5.43 Å². The van der Waals surface area contributed by atoms with Gasteiger partial charge in [-0.15, -0.1) is 23.7 Å². The quantitative estimate of drug-likeness (QED) is 0.554. The average Bonchev–Trinajstić information content (AvgIpc) is 2.51. The molecule has 0 atom stereocenters. The maximum absolute atomic E-state index is 12.2. The molecule has 0 N–H and O–H groups in total. The van der Waals surface area contributed by atoms with Crippen LogP contribution in [0.3, 0.4) is 0 Å². The first-order valence-electron chi connectivity index (χ1n) is 7.88. The molecule has 0 amide bonds. The molecular formula is C19H20ClNOS. The Morgan fingerprint density at radius 1 is 1.00 bits per heavy atom. The van der Waals surface area contributed by atoms with E-state index in [-0.39, 0.29) is 17.8 Å². The number of halogens is 1. The van der Waals surface area contributed by atoms with Crippen molar-refractivity contribution in [3.63, 3.8) is 0 Å². The number of aryl methyl sites for hydroxylation is 1. The van der Waals surface area contributed by atoms with Crippen molar-refractivity contribution >= 4 is 43.9 Å².